The van der Waals surface area contributed by atoms with Gasteiger partial charge in [-0.1, -0.05) is 130 Å². The van der Waals surface area contributed by atoms with Crippen molar-refractivity contribution in [1.29, 1.82) is 0 Å². The number of carboxylic acid groups (broad SMARTS) is 1. The van der Waals surface area contributed by atoms with Gasteiger partial charge in [-0.2, -0.15) is 0 Å². The number of carboxylic acids is 1. The summed E-state index contributed by atoms with van der Waals surface area (Å²) in [6, 6.07) is 29.6. The molecule has 0 radical (unpaired) electrons. The number of allylic oxidation sites excluding steroid dienone is 2. The predicted octanol–water partition coefficient (Wildman–Crippen LogP) is 11.8. The summed E-state index contributed by atoms with van der Waals surface area (Å²) in [5, 5.41) is 20.5. The molecule has 5 rings (SSSR count). The van der Waals surface area contributed by atoms with Gasteiger partial charge in [0.15, 0.2) is 0 Å². The lowest BCUT2D eigenvalue weighted by Gasteiger charge is -2.45. The lowest BCUT2D eigenvalue weighted by Crippen LogP contribution is -2.38. The Bertz CT molecular complexity index is 1470. The van der Waals surface area contributed by atoms with Gasteiger partial charge in [-0.15, -0.1) is 0 Å². The Morgan fingerprint density at radius 3 is 2.25 bits per heavy atom. The normalized spacial score (nSPS) is 21.5. The summed E-state index contributed by atoms with van der Waals surface area (Å²) < 4.78 is 0. The van der Waals surface area contributed by atoms with E-state index in [0.29, 0.717) is 24.1 Å². The molecule has 0 unspecified atom stereocenters. The van der Waals surface area contributed by atoms with E-state index in [9.17, 15) is 15.0 Å². The molecule has 52 heavy (non-hydrogen) atoms. The smallest absolute Gasteiger partial charge is 0.303 e. The van der Waals surface area contributed by atoms with Crippen LogP contribution in [0.2, 0.25) is 0 Å². The fourth-order valence-corrected chi connectivity index (χ4v) is 10.1. The second-order valence-electron chi connectivity index (χ2n) is 16.6. The third-order valence-corrected chi connectivity index (χ3v) is 12.8. The second kappa shape index (κ2) is 21.4. The van der Waals surface area contributed by atoms with E-state index in [-0.39, 0.29) is 23.7 Å². The molecule has 0 aromatic heterocycles. The van der Waals surface area contributed by atoms with Crippen molar-refractivity contribution in [2.24, 2.45) is 35.3 Å². The van der Waals surface area contributed by atoms with Gasteiger partial charge >= 0.3 is 5.97 Å². The van der Waals surface area contributed by atoms with Crippen LogP contribution >= 0.6 is 0 Å². The van der Waals surface area contributed by atoms with Crippen LogP contribution < -0.4 is 5.73 Å². The van der Waals surface area contributed by atoms with E-state index in [2.05, 4.69) is 78.9 Å². The zero-order valence-corrected chi connectivity index (χ0v) is 31.9. The summed E-state index contributed by atoms with van der Waals surface area (Å²) in [7, 11) is 0. The molecular formula is C48H67NO3. The number of hydrogen-bond donors (Lipinski definition) is 3. The SMILES string of the molecule is NCC[C@H](CC[C@@H](CC=CCCC1CCCCC1)CCc1ccccc1)[C@H](CC(=O)O)C[C@]1(c2ccccc2)CCC[C@H](Cc2cccc(O)c2)C1. The first-order valence-electron chi connectivity index (χ1n) is 20.9. The maximum atomic E-state index is 12.6. The molecule has 2 aliphatic rings. The Hall–Kier alpha value is -3.37. The highest BCUT2D eigenvalue weighted by Crippen LogP contribution is 2.49. The number of phenolic OH excluding ortho intramolecular Hbond substituents is 1. The number of phenols is 1. The minimum absolute atomic E-state index is 0.0677. The molecule has 5 atom stereocenters. The fraction of sp³-hybridized carbons (Fsp3) is 0.562. The largest absolute Gasteiger partial charge is 0.508 e. The molecule has 4 N–H and O–H groups in total. The summed E-state index contributed by atoms with van der Waals surface area (Å²) in [6.45, 7) is 0.592. The number of rotatable bonds is 21. The van der Waals surface area contributed by atoms with Crippen molar-refractivity contribution in [1.82, 2.24) is 0 Å². The number of nitrogens with two attached hydrogens (primary N) is 1. The molecule has 2 saturated carbocycles. The van der Waals surface area contributed by atoms with Gasteiger partial charge in [0, 0.05) is 6.42 Å². The van der Waals surface area contributed by atoms with Crippen LogP contribution in [-0.2, 0) is 23.1 Å². The monoisotopic (exact) mass is 706 g/mol. The Kier molecular flexibility index (Phi) is 16.4. The zero-order chi connectivity index (χ0) is 36.4. The molecule has 0 aliphatic heterocycles. The molecule has 0 amide bonds. The molecule has 0 saturated heterocycles. The topological polar surface area (TPSA) is 83.6 Å². The maximum absolute atomic E-state index is 12.6. The first-order chi connectivity index (χ1) is 25.4. The van der Waals surface area contributed by atoms with Crippen LogP contribution in [0, 0.1) is 29.6 Å². The molecule has 3 aromatic carbocycles. The lowest BCUT2D eigenvalue weighted by atomic mass is 9.59. The molecule has 2 fully saturated rings. The first-order valence-corrected chi connectivity index (χ1v) is 20.9. The summed E-state index contributed by atoms with van der Waals surface area (Å²) in [5.41, 5.74) is 10.2. The van der Waals surface area contributed by atoms with E-state index in [1.807, 2.05) is 12.1 Å². The molecule has 0 heterocycles. The number of aromatic hydroxyl groups is 1. The molecule has 4 heteroatoms. The zero-order valence-electron chi connectivity index (χ0n) is 31.9. The van der Waals surface area contributed by atoms with Crippen LogP contribution in [0.4, 0.5) is 0 Å². The van der Waals surface area contributed by atoms with Gasteiger partial charge in [-0.3, -0.25) is 4.79 Å². The van der Waals surface area contributed by atoms with Crippen LogP contribution in [-0.4, -0.2) is 22.7 Å². The average Bonchev–Trinajstić information content (AvgIpc) is 3.16. The number of aryl methyl sites for hydroxylation is 1. The van der Waals surface area contributed by atoms with E-state index < -0.39 is 5.97 Å². The van der Waals surface area contributed by atoms with Gasteiger partial charge in [0.1, 0.15) is 5.75 Å². The lowest BCUT2D eigenvalue weighted by molar-refractivity contribution is -0.138. The third-order valence-electron chi connectivity index (χ3n) is 12.8. The van der Waals surface area contributed by atoms with Crippen molar-refractivity contribution in [2.75, 3.05) is 6.54 Å². The first kappa shape index (κ1) is 39.8. The Morgan fingerprint density at radius 1 is 0.788 bits per heavy atom. The number of aliphatic carboxylic acids is 1. The van der Waals surface area contributed by atoms with Gasteiger partial charge in [0.05, 0.1) is 0 Å². The van der Waals surface area contributed by atoms with Crippen LogP contribution in [0.3, 0.4) is 0 Å². The molecule has 4 nitrogen and oxygen atoms in total. The number of hydrogen-bond acceptors (Lipinski definition) is 3. The highest BCUT2D eigenvalue weighted by molar-refractivity contribution is 5.67. The quantitative estimate of drug-likeness (QED) is 0.0963. The van der Waals surface area contributed by atoms with E-state index in [1.54, 1.807) is 6.07 Å². The Balaban J connectivity index is 1.31. The average molecular weight is 706 g/mol. The van der Waals surface area contributed by atoms with Crippen molar-refractivity contribution in [2.45, 2.75) is 134 Å². The van der Waals surface area contributed by atoms with Crippen LogP contribution in [0.5, 0.6) is 5.75 Å². The van der Waals surface area contributed by atoms with E-state index >= 15 is 0 Å². The number of carbonyl (C=O) groups is 1. The molecule has 0 spiro atoms. The predicted molar refractivity (Wildman–Crippen MR) is 216 cm³/mol. The fourth-order valence-electron chi connectivity index (χ4n) is 10.1. The molecule has 0 bridgehead atoms. The molecule has 2 aliphatic carbocycles. The third kappa shape index (κ3) is 12.9. The Morgan fingerprint density at radius 2 is 1.52 bits per heavy atom. The number of benzene rings is 3. The highest BCUT2D eigenvalue weighted by atomic mass is 16.4. The van der Waals surface area contributed by atoms with Gasteiger partial charge < -0.3 is 15.9 Å². The summed E-state index contributed by atoms with van der Waals surface area (Å²) in [6.07, 6.45) is 27.3. The van der Waals surface area contributed by atoms with Crippen molar-refractivity contribution in [3.63, 3.8) is 0 Å². The van der Waals surface area contributed by atoms with E-state index in [1.165, 1.54) is 61.6 Å². The molecule has 3 aromatic rings. The van der Waals surface area contributed by atoms with E-state index in [0.717, 1.165) is 83.0 Å². The van der Waals surface area contributed by atoms with Crippen molar-refractivity contribution in [3.8, 4) is 5.75 Å². The van der Waals surface area contributed by atoms with Crippen molar-refractivity contribution >= 4 is 5.97 Å². The van der Waals surface area contributed by atoms with Crippen molar-refractivity contribution < 1.29 is 15.0 Å². The summed E-state index contributed by atoms with van der Waals surface area (Å²) in [5.74, 6) is 1.96. The molecule has 282 valence electrons. The Labute approximate surface area is 315 Å². The standard InChI is InChI=1S/C48H67NO3/c49-32-30-43(29-28-40(27-26-39-18-8-3-9-19-39)20-10-2-7-17-38-15-5-1-6-16-38)44(35-47(51)52)37-48(45-23-11-4-12-24-45)31-14-22-42(36-48)33-41-21-13-25-46(50)34-41/h2-4,8-13,18-19,21,23-25,34,38,40,42-44,50H,1,5-7,14-17,20,22,26-33,35-37,49H2,(H,51,52)/t40-,42+,43-,44+,48-/m0/s1. The minimum Gasteiger partial charge on any atom is -0.508 e. The van der Waals surface area contributed by atoms with Crippen LogP contribution in [0.1, 0.15) is 132 Å². The van der Waals surface area contributed by atoms with Crippen LogP contribution in [0.25, 0.3) is 0 Å². The van der Waals surface area contributed by atoms with Crippen molar-refractivity contribution in [3.05, 3.63) is 114 Å². The summed E-state index contributed by atoms with van der Waals surface area (Å²) in [4.78, 5) is 12.6. The van der Waals surface area contributed by atoms with Gasteiger partial charge in [-0.25, -0.2) is 0 Å². The maximum Gasteiger partial charge on any atom is 0.303 e. The second-order valence-corrected chi connectivity index (χ2v) is 16.6. The van der Waals surface area contributed by atoms with Gasteiger partial charge in [-0.05, 0) is 147 Å². The van der Waals surface area contributed by atoms with Gasteiger partial charge in [0.25, 0.3) is 0 Å². The molecular weight excluding hydrogens is 639 g/mol. The highest BCUT2D eigenvalue weighted by Gasteiger charge is 2.41. The van der Waals surface area contributed by atoms with Gasteiger partial charge in [0.2, 0.25) is 0 Å². The minimum atomic E-state index is -0.691. The van der Waals surface area contributed by atoms with E-state index in [4.69, 9.17) is 5.73 Å². The summed E-state index contributed by atoms with van der Waals surface area (Å²) >= 11 is 0. The van der Waals surface area contributed by atoms with Crippen LogP contribution in [0.15, 0.2) is 97.1 Å².